The Morgan fingerprint density at radius 2 is 2.00 bits per heavy atom. The highest BCUT2D eigenvalue weighted by Crippen LogP contribution is 2.30. The summed E-state index contributed by atoms with van der Waals surface area (Å²) in [5.41, 5.74) is -0.287. The van der Waals surface area contributed by atoms with Crippen molar-refractivity contribution in [3.63, 3.8) is 0 Å². The Bertz CT molecular complexity index is 519. The van der Waals surface area contributed by atoms with Gasteiger partial charge in [0.05, 0.1) is 18.4 Å². The fourth-order valence-electron chi connectivity index (χ4n) is 2.89. The van der Waals surface area contributed by atoms with E-state index in [-0.39, 0.29) is 11.3 Å². The molecule has 1 aliphatic carbocycles. The smallest absolute Gasteiger partial charge is 0.340 e. The van der Waals surface area contributed by atoms with Gasteiger partial charge in [0.25, 0.3) is 0 Å². The number of hydrogen-bond acceptors (Lipinski definition) is 3. The summed E-state index contributed by atoms with van der Waals surface area (Å²) in [7, 11) is 1.14. The van der Waals surface area contributed by atoms with Crippen LogP contribution < -0.4 is 5.32 Å². The van der Waals surface area contributed by atoms with E-state index in [0.717, 1.165) is 13.5 Å². The van der Waals surface area contributed by atoms with Gasteiger partial charge in [0.15, 0.2) is 11.6 Å². The van der Waals surface area contributed by atoms with Crippen LogP contribution in [0.2, 0.25) is 0 Å². The zero-order valence-electron chi connectivity index (χ0n) is 12.4. The number of carbonyl (C=O) groups excluding carboxylic acids is 1. The minimum atomic E-state index is -1.16. The summed E-state index contributed by atoms with van der Waals surface area (Å²) in [6.45, 7) is 2.82. The largest absolute Gasteiger partial charge is 0.465 e. The topological polar surface area (TPSA) is 38.3 Å². The van der Waals surface area contributed by atoms with Gasteiger partial charge in [0.1, 0.15) is 0 Å². The average molecular weight is 297 g/mol. The summed E-state index contributed by atoms with van der Waals surface area (Å²) in [5, 5.41) is 2.97. The molecule has 1 aromatic carbocycles. The standard InChI is InChI=1S/C16H21F2NO2/c1-10-5-3-4-6-11(10)9-19-13-8-7-12(16(20)21-2)14(17)15(13)18/h7-8,10-11,19H,3-6,9H2,1-2H3. The fraction of sp³-hybridized carbons (Fsp3) is 0.562. The fourth-order valence-corrected chi connectivity index (χ4v) is 2.89. The number of benzene rings is 1. The first-order chi connectivity index (χ1) is 10.0. The molecule has 0 amide bonds. The summed E-state index contributed by atoms with van der Waals surface area (Å²) in [6, 6.07) is 2.63. The average Bonchev–Trinajstić information content (AvgIpc) is 2.49. The van der Waals surface area contributed by atoms with Crippen molar-refractivity contribution in [2.24, 2.45) is 11.8 Å². The van der Waals surface area contributed by atoms with Crippen molar-refractivity contribution in [2.45, 2.75) is 32.6 Å². The molecule has 2 atom stereocenters. The first-order valence-electron chi connectivity index (χ1n) is 7.34. The van der Waals surface area contributed by atoms with Crippen LogP contribution in [0.1, 0.15) is 43.0 Å². The molecule has 1 aromatic rings. The van der Waals surface area contributed by atoms with Crippen LogP contribution in [-0.4, -0.2) is 19.6 Å². The summed E-state index contributed by atoms with van der Waals surface area (Å²) >= 11 is 0. The number of carbonyl (C=O) groups is 1. The number of anilines is 1. The third kappa shape index (κ3) is 3.52. The molecule has 0 aliphatic heterocycles. The van der Waals surface area contributed by atoms with E-state index in [9.17, 15) is 13.6 Å². The SMILES string of the molecule is COC(=O)c1ccc(NCC2CCCCC2C)c(F)c1F. The quantitative estimate of drug-likeness (QED) is 0.854. The summed E-state index contributed by atoms with van der Waals surface area (Å²) < 4.78 is 32.2. The number of methoxy groups -OCH3 is 1. The molecule has 3 nitrogen and oxygen atoms in total. The third-order valence-corrected chi connectivity index (χ3v) is 4.33. The second kappa shape index (κ2) is 6.87. The Morgan fingerprint density at radius 1 is 1.29 bits per heavy atom. The van der Waals surface area contributed by atoms with Gasteiger partial charge in [-0.1, -0.05) is 26.2 Å². The van der Waals surface area contributed by atoms with Crippen LogP contribution in [-0.2, 0) is 4.74 Å². The van der Waals surface area contributed by atoms with Crippen LogP contribution in [0, 0.1) is 23.5 Å². The van der Waals surface area contributed by atoms with Gasteiger partial charge in [-0.05, 0) is 30.4 Å². The zero-order valence-corrected chi connectivity index (χ0v) is 12.4. The molecular formula is C16H21F2NO2. The van der Waals surface area contributed by atoms with Crippen molar-refractivity contribution in [1.82, 2.24) is 0 Å². The third-order valence-electron chi connectivity index (χ3n) is 4.33. The van der Waals surface area contributed by atoms with Gasteiger partial charge in [0.2, 0.25) is 0 Å². The second-order valence-electron chi connectivity index (χ2n) is 5.68. The normalized spacial score (nSPS) is 21.9. The lowest BCUT2D eigenvalue weighted by Gasteiger charge is -2.29. The number of hydrogen-bond donors (Lipinski definition) is 1. The van der Waals surface area contributed by atoms with Gasteiger partial charge in [-0.25, -0.2) is 13.6 Å². The molecule has 0 bridgehead atoms. The lowest BCUT2D eigenvalue weighted by atomic mass is 9.80. The maximum atomic E-state index is 14.0. The minimum Gasteiger partial charge on any atom is -0.465 e. The number of rotatable bonds is 4. The van der Waals surface area contributed by atoms with Gasteiger partial charge in [-0.2, -0.15) is 0 Å². The number of esters is 1. The molecule has 1 fully saturated rings. The molecule has 1 aliphatic rings. The highest BCUT2D eigenvalue weighted by Gasteiger charge is 2.23. The Balaban J connectivity index is 2.07. The Morgan fingerprint density at radius 3 is 2.67 bits per heavy atom. The van der Waals surface area contributed by atoms with Crippen LogP contribution >= 0.6 is 0 Å². The Labute approximate surface area is 123 Å². The minimum absolute atomic E-state index is 0.0953. The molecular weight excluding hydrogens is 276 g/mol. The van der Waals surface area contributed by atoms with Crippen LogP contribution in [0.25, 0.3) is 0 Å². The molecule has 21 heavy (non-hydrogen) atoms. The van der Waals surface area contributed by atoms with E-state index < -0.39 is 17.6 Å². The highest BCUT2D eigenvalue weighted by atomic mass is 19.2. The van der Waals surface area contributed by atoms with E-state index in [1.807, 2.05) is 0 Å². The van der Waals surface area contributed by atoms with Crippen LogP contribution in [0.4, 0.5) is 14.5 Å². The van der Waals surface area contributed by atoms with E-state index in [2.05, 4.69) is 17.0 Å². The first kappa shape index (κ1) is 15.7. The molecule has 1 N–H and O–H groups in total. The van der Waals surface area contributed by atoms with E-state index in [1.165, 1.54) is 31.4 Å². The van der Waals surface area contributed by atoms with Gasteiger partial charge in [-0.15, -0.1) is 0 Å². The molecule has 0 radical (unpaired) electrons. The van der Waals surface area contributed by atoms with E-state index >= 15 is 0 Å². The number of nitrogens with one attached hydrogen (secondary N) is 1. The number of halogens is 2. The monoisotopic (exact) mass is 297 g/mol. The van der Waals surface area contributed by atoms with Gasteiger partial charge in [0, 0.05) is 6.54 Å². The molecule has 116 valence electrons. The van der Waals surface area contributed by atoms with Crippen molar-refractivity contribution in [3.8, 4) is 0 Å². The van der Waals surface area contributed by atoms with Gasteiger partial charge < -0.3 is 10.1 Å². The summed E-state index contributed by atoms with van der Waals surface area (Å²) in [4.78, 5) is 11.3. The number of ether oxygens (including phenoxy) is 1. The highest BCUT2D eigenvalue weighted by molar-refractivity contribution is 5.90. The molecule has 0 heterocycles. The predicted octanol–water partition coefficient (Wildman–Crippen LogP) is 3.99. The van der Waals surface area contributed by atoms with E-state index in [0.29, 0.717) is 18.4 Å². The molecule has 5 heteroatoms. The second-order valence-corrected chi connectivity index (χ2v) is 5.68. The molecule has 0 saturated heterocycles. The van der Waals surface area contributed by atoms with Crippen LogP contribution in [0.15, 0.2) is 12.1 Å². The summed E-state index contributed by atoms with van der Waals surface area (Å²) in [5.74, 6) is -2.00. The molecule has 0 spiro atoms. The van der Waals surface area contributed by atoms with Crippen molar-refractivity contribution < 1.29 is 18.3 Å². The molecule has 2 rings (SSSR count). The molecule has 0 aromatic heterocycles. The Hall–Kier alpha value is -1.65. The Kier molecular flexibility index (Phi) is 5.15. The van der Waals surface area contributed by atoms with Gasteiger partial charge in [-0.3, -0.25) is 0 Å². The molecule has 1 saturated carbocycles. The van der Waals surface area contributed by atoms with Gasteiger partial charge >= 0.3 is 5.97 Å². The maximum absolute atomic E-state index is 14.0. The van der Waals surface area contributed by atoms with Crippen molar-refractivity contribution in [2.75, 3.05) is 19.0 Å². The lowest BCUT2D eigenvalue weighted by molar-refractivity contribution is 0.0594. The van der Waals surface area contributed by atoms with Crippen molar-refractivity contribution in [3.05, 3.63) is 29.3 Å². The van der Waals surface area contributed by atoms with Crippen molar-refractivity contribution in [1.29, 1.82) is 0 Å². The van der Waals surface area contributed by atoms with Crippen molar-refractivity contribution >= 4 is 11.7 Å². The van der Waals surface area contributed by atoms with Crippen LogP contribution in [0.5, 0.6) is 0 Å². The summed E-state index contributed by atoms with van der Waals surface area (Å²) in [6.07, 6.45) is 4.73. The molecule has 2 unspecified atom stereocenters. The van der Waals surface area contributed by atoms with E-state index in [4.69, 9.17) is 0 Å². The zero-order chi connectivity index (χ0) is 15.4. The first-order valence-corrected chi connectivity index (χ1v) is 7.34. The maximum Gasteiger partial charge on any atom is 0.340 e. The lowest BCUT2D eigenvalue weighted by Crippen LogP contribution is -2.24. The van der Waals surface area contributed by atoms with Crippen LogP contribution in [0.3, 0.4) is 0 Å². The predicted molar refractivity (Wildman–Crippen MR) is 77.3 cm³/mol. The van der Waals surface area contributed by atoms with E-state index in [1.54, 1.807) is 0 Å².